The molecule has 0 aliphatic heterocycles. The number of unbranched alkanes of at least 4 members (excludes halogenated alkanes) is 1. The molecule has 0 fully saturated rings. The molecule has 1 atom stereocenters. The van der Waals surface area contributed by atoms with Crippen LogP contribution in [0.3, 0.4) is 0 Å². The number of aliphatic imine (C=N–C) groups is 1. The summed E-state index contributed by atoms with van der Waals surface area (Å²) < 4.78 is 0. The lowest BCUT2D eigenvalue weighted by atomic mass is 10.0. The van der Waals surface area contributed by atoms with Crippen molar-refractivity contribution < 1.29 is 0 Å². The summed E-state index contributed by atoms with van der Waals surface area (Å²) in [6.45, 7) is 4.70. The third kappa shape index (κ3) is 11.5. The highest BCUT2D eigenvalue weighted by molar-refractivity contribution is 5.75. The van der Waals surface area contributed by atoms with Gasteiger partial charge in [-0.15, -0.1) is 0 Å². The van der Waals surface area contributed by atoms with Crippen LogP contribution in [0.2, 0.25) is 0 Å². The van der Waals surface area contributed by atoms with E-state index in [-0.39, 0.29) is 5.96 Å². The number of nitrogens with two attached hydrogens (primary N) is 3. The summed E-state index contributed by atoms with van der Waals surface area (Å²) in [6.07, 6.45) is 6.92. The minimum absolute atomic E-state index is 0.186. The fourth-order valence-corrected chi connectivity index (χ4v) is 1.75. The van der Waals surface area contributed by atoms with Gasteiger partial charge in [-0.1, -0.05) is 19.8 Å². The van der Waals surface area contributed by atoms with Gasteiger partial charge in [-0.05, 0) is 38.8 Å². The molecular weight excluding hydrogens is 214 g/mol. The van der Waals surface area contributed by atoms with Crippen molar-refractivity contribution in [1.82, 2.24) is 5.32 Å². The maximum Gasteiger partial charge on any atom is 0.185 e. The Labute approximate surface area is 105 Å². The lowest BCUT2D eigenvalue weighted by Gasteiger charge is -2.18. The summed E-state index contributed by atoms with van der Waals surface area (Å²) in [5, 5.41) is 3.55. The van der Waals surface area contributed by atoms with Crippen molar-refractivity contribution in [1.29, 1.82) is 0 Å². The molecule has 0 bridgehead atoms. The summed E-state index contributed by atoms with van der Waals surface area (Å²) >= 11 is 0. The van der Waals surface area contributed by atoms with Gasteiger partial charge in [0.2, 0.25) is 0 Å². The molecule has 0 aliphatic rings. The van der Waals surface area contributed by atoms with E-state index in [2.05, 4.69) is 17.2 Å². The predicted octanol–water partition coefficient (Wildman–Crippen LogP) is 0.537. The van der Waals surface area contributed by atoms with Crippen LogP contribution in [0.4, 0.5) is 0 Å². The van der Waals surface area contributed by atoms with Gasteiger partial charge in [-0.25, -0.2) is 0 Å². The molecule has 0 saturated carbocycles. The molecule has 7 N–H and O–H groups in total. The van der Waals surface area contributed by atoms with Crippen molar-refractivity contribution in [3.05, 3.63) is 0 Å². The van der Waals surface area contributed by atoms with Crippen LogP contribution in [-0.4, -0.2) is 31.6 Å². The van der Waals surface area contributed by atoms with Gasteiger partial charge in [0.1, 0.15) is 0 Å². The molecule has 5 nitrogen and oxygen atoms in total. The van der Waals surface area contributed by atoms with Gasteiger partial charge in [0.15, 0.2) is 5.96 Å². The molecule has 0 radical (unpaired) electrons. The maximum absolute atomic E-state index is 5.48. The minimum atomic E-state index is 0.186. The highest BCUT2D eigenvalue weighted by atomic mass is 15.0. The van der Waals surface area contributed by atoms with E-state index in [9.17, 15) is 0 Å². The fraction of sp³-hybridized carbons (Fsp3) is 0.917. The van der Waals surface area contributed by atoms with Crippen LogP contribution in [0.5, 0.6) is 0 Å². The Morgan fingerprint density at radius 3 is 2.47 bits per heavy atom. The Morgan fingerprint density at radius 2 is 1.88 bits per heavy atom. The molecule has 1 unspecified atom stereocenters. The van der Waals surface area contributed by atoms with Crippen LogP contribution in [0.15, 0.2) is 4.99 Å². The number of nitrogens with one attached hydrogen (secondary N) is 1. The van der Waals surface area contributed by atoms with Crippen LogP contribution in [0.1, 0.15) is 45.4 Å². The largest absolute Gasteiger partial charge is 0.370 e. The molecule has 17 heavy (non-hydrogen) atoms. The Kier molecular flexibility index (Phi) is 11.1. The van der Waals surface area contributed by atoms with Crippen molar-refractivity contribution >= 4 is 5.96 Å². The number of guanidine groups is 1. The first kappa shape index (κ1) is 16.2. The molecule has 102 valence electrons. The molecule has 0 heterocycles. The van der Waals surface area contributed by atoms with E-state index in [4.69, 9.17) is 17.2 Å². The second-order valence-electron chi connectivity index (χ2n) is 4.38. The van der Waals surface area contributed by atoms with Crippen LogP contribution in [0, 0.1) is 0 Å². The van der Waals surface area contributed by atoms with Gasteiger partial charge in [0.25, 0.3) is 0 Å². The third-order valence-corrected chi connectivity index (χ3v) is 2.73. The summed E-state index contributed by atoms with van der Waals surface area (Å²) in [6, 6.07) is 0.579. The highest BCUT2D eigenvalue weighted by Gasteiger charge is 2.06. The van der Waals surface area contributed by atoms with Crippen molar-refractivity contribution in [2.45, 2.75) is 51.5 Å². The van der Waals surface area contributed by atoms with Crippen molar-refractivity contribution in [3.63, 3.8) is 0 Å². The topological polar surface area (TPSA) is 102 Å². The van der Waals surface area contributed by atoms with Crippen molar-refractivity contribution in [2.24, 2.45) is 22.2 Å². The highest BCUT2D eigenvalue weighted by Crippen LogP contribution is 2.07. The monoisotopic (exact) mass is 243 g/mol. The second kappa shape index (κ2) is 11.7. The van der Waals surface area contributed by atoms with Crippen molar-refractivity contribution in [2.75, 3.05) is 19.6 Å². The molecule has 0 amide bonds. The summed E-state index contributed by atoms with van der Waals surface area (Å²) in [5.74, 6) is 0.186. The van der Waals surface area contributed by atoms with E-state index in [1.54, 1.807) is 0 Å². The van der Waals surface area contributed by atoms with Gasteiger partial charge < -0.3 is 22.5 Å². The third-order valence-electron chi connectivity index (χ3n) is 2.73. The molecule has 0 saturated heterocycles. The van der Waals surface area contributed by atoms with E-state index < -0.39 is 0 Å². The normalized spacial score (nSPS) is 12.4. The second-order valence-corrected chi connectivity index (χ2v) is 4.38. The molecule has 0 aliphatic carbocycles. The molecular formula is C12H29N5. The van der Waals surface area contributed by atoms with Gasteiger partial charge >= 0.3 is 0 Å². The van der Waals surface area contributed by atoms with Crippen LogP contribution in [-0.2, 0) is 0 Å². The molecule has 0 aromatic rings. The van der Waals surface area contributed by atoms with Crippen LogP contribution >= 0.6 is 0 Å². The fourth-order valence-electron chi connectivity index (χ4n) is 1.75. The summed E-state index contributed by atoms with van der Waals surface area (Å²) in [4.78, 5) is 4.00. The van der Waals surface area contributed by atoms with E-state index in [1.807, 2.05) is 0 Å². The van der Waals surface area contributed by atoms with Crippen LogP contribution in [0.25, 0.3) is 0 Å². The summed E-state index contributed by atoms with van der Waals surface area (Å²) in [7, 11) is 0. The lowest BCUT2D eigenvalue weighted by Crippen LogP contribution is -2.31. The first-order valence-electron chi connectivity index (χ1n) is 6.69. The Morgan fingerprint density at radius 1 is 1.18 bits per heavy atom. The van der Waals surface area contributed by atoms with E-state index in [0.717, 1.165) is 38.9 Å². The predicted molar refractivity (Wildman–Crippen MR) is 74.9 cm³/mol. The lowest BCUT2D eigenvalue weighted by molar-refractivity contribution is 0.429. The first-order chi connectivity index (χ1) is 8.20. The van der Waals surface area contributed by atoms with E-state index >= 15 is 0 Å². The average molecular weight is 243 g/mol. The van der Waals surface area contributed by atoms with Gasteiger partial charge in [-0.2, -0.15) is 0 Å². The average Bonchev–Trinajstić information content (AvgIpc) is 2.30. The maximum atomic E-state index is 5.48. The number of hydrogen-bond donors (Lipinski definition) is 4. The number of hydrogen-bond acceptors (Lipinski definition) is 3. The smallest absolute Gasteiger partial charge is 0.185 e. The molecule has 0 aromatic carbocycles. The van der Waals surface area contributed by atoms with E-state index in [1.165, 1.54) is 19.3 Å². The summed E-state index contributed by atoms with van der Waals surface area (Å²) in [5.41, 5.74) is 16.1. The standard InChI is InChI=1S/C12H29N5/c1-2-3-6-11(16-10-5-8-13)7-4-9-17-12(14)15/h11,16H,2-10,13H2,1H3,(H4,14,15,17). The number of nitrogens with zero attached hydrogens (tertiary/aromatic N) is 1. The zero-order valence-electron chi connectivity index (χ0n) is 11.1. The Balaban J connectivity index is 3.71. The number of rotatable bonds is 11. The molecule has 0 aromatic heterocycles. The zero-order valence-corrected chi connectivity index (χ0v) is 11.1. The quantitative estimate of drug-likeness (QED) is 0.241. The van der Waals surface area contributed by atoms with E-state index in [0.29, 0.717) is 6.04 Å². The Hall–Kier alpha value is -0.810. The molecule has 5 heteroatoms. The van der Waals surface area contributed by atoms with Gasteiger partial charge in [0.05, 0.1) is 0 Å². The minimum Gasteiger partial charge on any atom is -0.370 e. The van der Waals surface area contributed by atoms with Crippen molar-refractivity contribution in [3.8, 4) is 0 Å². The van der Waals surface area contributed by atoms with Gasteiger partial charge in [0, 0.05) is 12.6 Å². The zero-order chi connectivity index (χ0) is 12.9. The Bertz CT molecular complexity index is 189. The molecule has 0 rings (SSSR count). The SMILES string of the molecule is CCCCC(CCCN=C(N)N)NCCCN. The first-order valence-corrected chi connectivity index (χ1v) is 6.69. The van der Waals surface area contributed by atoms with Gasteiger partial charge in [-0.3, -0.25) is 4.99 Å². The van der Waals surface area contributed by atoms with Crippen LogP contribution < -0.4 is 22.5 Å². The molecule has 0 spiro atoms.